The summed E-state index contributed by atoms with van der Waals surface area (Å²) >= 11 is 3.68. The third kappa shape index (κ3) is 4.20. The van der Waals surface area contributed by atoms with Gasteiger partial charge in [-0.05, 0) is 30.4 Å². The fourth-order valence-corrected chi connectivity index (χ4v) is 1.58. The molecular formula is C12H18BrNO. The lowest BCUT2D eigenvalue weighted by atomic mass is 10.0. The molecule has 0 fully saturated rings. The van der Waals surface area contributed by atoms with E-state index in [4.69, 9.17) is 4.74 Å². The Hall–Kier alpha value is -0.570. The average molecular weight is 272 g/mol. The molecule has 0 aliphatic heterocycles. The fraction of sp³-hybridized carbons (Fsp3) is 0.583. The number of aryl methyl sites for hydroxylation is 1. The molecule has 0 radical (unpaired) electrons. The second kappa shape index (κ2) is 6.11. The van der Waals surface area contributed by atoms with E-state index < -0.39 is 0 Å². The molecule has 15 heavy (non-hydrogen) atoms. The first-order valence-electron chi connectivity index (χ1n) is 5.25. The maximum atomic E-state index is 5.13. The molecule has 3 heteroatoms. The zero-order valence-corrected chi connectivity index (χ0v) is 11.1. The summed E-state index contributed by atoms with van der Waals surface area (Å²) in [5.74, 6) is 1.51. The van der Waals surface area contributed by atoms with Gasteiger partial charge >= 0.3 is 0 Å². The van der Waals surface area contributed by atoms with Crippen molar-refractivity contribution < 1.29 is 4.74 Å². The van der Waals surface area contributed by atoms with Gasteiger partial charge in [0, 0.05) is 11.0 Å². The number of alkyl halides is 1. The molecule has 0 spiro atoms. The van der Waals surface area contributed by atoms with Crippen molar-refractivity contribution in [1.29, 1.82) is 0 Å². The second-order valence-corrected chi connectivity index (χ2v) is 5.21. The van der Waals surface area contributed by atoms with Crippen LogP contribution >= 0.6 is 15.9 Å². The standard InChI is InChI=1S/C12H18BrNO/c1-9(2)12(13)5-4-10-6-11(15-3)8-14-7-10/h6-9,12H,4-5H2,1-3H3. The van der Waals surface area contributed by atoms with E-state index in [0.29, 0.717) is 10.7 Å². The quantitative estimate of drug-likeness (QED) is 0.766. The largest absolute Gasteiger partial charge is 0.495 e. The van der Waals surface area contributed by atoms with Crippen LogP contribution in [0, 0.1) is 5.92 Å². The Kier molecular flexibility index (Phi) is 5.09. The number of hydrogen-bond donors (Lipinski definition) is 0. The number of nitrogens with zero attached hydrogens (tertiary/aromatic N) is 1. The monoisotopic (exact) mass is 271 g/mol. The molecule has 0 amide bonds. The Labute approximate surface area is 100 Å². The Balaban J connectivity index is 2.50. The molecule has 1 unspecified atom stereocenters. The minimum atomic E-state index is 0.573. The normalized spacial score (nSPS) is 12.9. The van der Waals surface area contributed by atoms with Gasteiger partial charge in [-0.1, -0.05) is 29.8 Å². The third-order valence-electron chi connectivity index (χ3n) is 2.44. The van der Waals surface area contributed by atoms with Crippen LogP contribution in [0.15, 0.2) is 18.5 Å². The number of aromatic nitrogens is 1. The molecule has 1 rings (SSSR count). The van der Waals surface area contributed by atoms with Crippen molar-refractivity contribution in [2.45, 2.75) is 31.5 Å². The van der Waals surface area contributed by atoms with Crippen LogP contribution < -0.4 is 4.74 Å². The predicted molar refractivity (Wildman–Crippen MR) is 66.7 cm³/mol. The van der Waals surface area contributed by atoms with Gasteiger partial charge in [0.15, 0.2) is 0 Å². The summed E-state index contributed by atoms with van der Waals surface area (Å²) in [5.41, 5.74) is 1.24. The lowest BCUT2D eigenvalue weighted by Crippen LogP contribution is -2.08. The molecule has 0 aliphatic rings. The van der Waals surface area contributed by atoms with Crippen LogP contribution in [0.1, 0.15) is 25.8 Å². The highest BCUT2D eigenvalue weighted by atomic mass is 79.9. The molecule has 0 saturated heterocycles. The summed E-state index contributed by atoms with van der Waals surface area (Å²) in [6, 6.07) is 2.05. The lowest BCUT2D eigenvalue weighted by Gasteiger charge is -2.13. The van der Waals surface area contributed by atoms with Crippen LogP contribution in [0.25, 0.3) is 0 Å². The second-order valence-electron chi connectivity index (χ2n) is 4.03. The maximum absolute atomic E-state index is 5.13. The minimum Gasteiger partial charge on any atom is -0.495 e. The van der Waals surface area contributed by atoms with Gasteiger partial charge in [-0.2, -0.15) is 0 Å². The van der Waals surface area contributed by atoms with Crippen LogP contribution in [-0.4, -0.2) is 16.9 Å². The average Bonchev–Trinajstić information content (AvgIpc) is 2.26. The van der Waals surface area contributed by atoms with E-state index in [1.807, 2.05) is 12.3 Å². The van der Waals surface area contributed by atoms with Crippen molar-refractivity contribution >= 4 is 15.9 Å². The number of hydrogen-bond acceptors (Lipinski definition) is 2. The zero-order chi connectivity index (χ0) is 11.3. The molecular weight excluding hydrogens is 254 g/mol. The third-order valence-corrected chi connectivity index (χ3v) is 3.95. The fourth-order valence-electron chi connectivity index (χ4n) is 1.35. The Bertz CT molecular complexity index is 301. The van der Waals surface area contributed by atoms with E-state index in [9.17, 15) is 0 Å². The van der Waals surface area contributed by atoms with E-state index in [1.54, 1.807) is 13.3 Å². The number of halogens is 1. The molecule has 1 aromatic rings. The molecule has 0 bridgehead atoms. The van der Waals surface area contributed by atoms with Crippen LogP contribution in [0.3, 0.4) is 0 Å². The summed E-state index contributed by atoms with van der Waals surface area (Å²) in [5, 5.41) is 0. The molecule has 1 heterocycles. The van der Waals surface area contributed by atoms with Crippen molar-refractivity contribution in [3.8, 4) is 5.75 Å². The van der Waals surface area contributed by atoms with Crippen molar-refractivity contribution in [1.82, 2.24) is 4.98 Å². The number of methoxy groups -OCH3 is 1. The molecule has 84 valence electrons. The number of ether oxygens (including phenoxy) is 1. The first kappa shape index (κ1) is 12.5. The maximum Gasteiger partial charge on any atom is 0.137 e. The minimum absolute atomic E-state index is 0.573. The predicted octanol–water partition coefficient (Wildman–Crippen LogP) is 3.44. The summed E-state index contributed by atoms with van der Waals surface area (Å²) in [6.45, 7) is 4.45. The van der Waals surface area contributed by atoms with Crippen LogP contribution in [0.2, 0.25) is 0 Å². The number of pyridine rings is 1. The Morgan fingerprint density at radius 2 is 2.13 bits per heavy atom. The van der Waals surface area contributed by atoms with Crippen molar-refractivity contribution in [2.24, 2.45) is 5.92 Å². The summed E-state index contributed by atoms with van der Waals surface area (Å²) in [4.78, 5) is 4.71. The van der Waals surface area contributed by atoms with Crippen LogP contribution in [0.4, 0.5) is 0 Å². The zero-order valence-electron chi connectivity index (χ0n) is 9.53. The van der Waals surface area contributed by atoms with Crippen LogP contribution in [0.5, 0.6) is 5.75 Å². The van der Waals surface area contributed by atoms with Crippen molar-refractivity contribution in [2.75, 3.05) is 7.11 Å². The Morgan fingerprint density at radius 3 is 2.73 bits per heavy atom. The molecule has 1 aromatic heterocycles. The SMILES string of the molecule is COc1cncc(CCC(Br)C(C)C)c1. The van der Waals surface area contributed by atoms with Gasteiger partial charge in [-0.15, -0.1) is 0 Å². The van der Waals surface area contributed by atoms with Gasteiger partial charge in [-0.25, -0.2) is 0 Å². The summed E-state index contributed by atoms with van der Waals surface area (Å²) in [7, 11) is 1.67. The van der Waals surface area contributed by atoms with E-state index >= 15 is 0 Å². The smallest absolute Gasteiger partial charge is 0.137 e. The first-order valence-corrected chi connectivity index (χ1v) is 6.17. The summed E-state index contributed by atoms with van der Waals surface area (Å²) < 4.78 is 5.13. The van der Waals surface area contributed by atoms with Gasteiger partial charge in [-0.3, -0.25) is 4.98 Å². The van der Waals surface area contributed by atoms with Gasteiger partial charge in [0.05, 0.1) is 13.3 Å². The summed E-state index contributed by atoms with van der Waals surface area (Å²) in [6.07, 6.45) is 5.81. The van der Waals surface area contributed by atoms with Gasteiger partial charge < -0.3 is 4.74 Å². The van der Waals surface area contributed by atoms with E-state index in [2.05, 4.69) is 34.8 Å². The Morgan fingerprint density at radius 1 is 1.40 bits per heavy atom. The van der Waals surface area contributed by atoms with Gasteiger partial charge in [0.2, 0.25) is 0 Å². The highest BCUT2D eigenvalue weighted by Gasteiger charge is 2.09. The molecule has 0 aliphatic carbocycles. The van der Waals surface area contributed by atoms with E-state index in [1.165, 1.54) is 5.56 Å². The topological polar surface area (TPSA) is 22.1 Å². The lowest BCUT2D eigenvalue weighted by molar-refractivity contribution is 0.412. The molecule has 0 N–H and O–H groups in total. The van der Waals surface area contributed by atoms with Crippen molar-refractivity contribution in [3.63, 3.8) is 0 Å². The van der Waals surface area contributed by atoms with Crippen LogP contribution in [-0.2, 0) is 6.42 Å². The highest BCUT2D eigenvalue weighted by Crippen LogP contribution is 2.19. The first-order chi connectivity index (χ1) is 7.13. The molecule has 0 aromatic carbocycles. The number of rotatable bonds is 5. The van der Waals surface area contributed by atoms with Gasteiger partial charge in [0.1, 0.15) is 5.75 Å². The molecule has 2 nitrogen and oxygen atoms in total. The van der Waals surface area contributed by atoms with Gasteiger partial charge in [0.25, 0.3) is 0 Å². The highest BCUT2D eigenvalue weighted by molar-refractivity contribution is 9.09. The molecule has 1 atom stereocenters. The van der Waals surface area contributed by atoms with E-state index in [-0.39, 0.29) is 0 Å². The van der Waals surface area contributed by atoms with Crippen molar-refractivity contribution in [3.05, 3.63) is 24.0 Å². The molecule has 0 saturated carbocycles. The van der Waals surface area contributed by atoms with E-state index in [0.717, 1.165) is 18.6 Å².